The molecule has 0 nitrogen and oxygen atoms in total. The van der Waals surface area contributed by atoms with Crippen molar-refractivity contribution in [2.45, 2.75) is 54.9 Å². The first-order valence-electron chi connectivity index (χ1n) is 14.2. The monoisotopic (exact) mass is 598 g/mol. The molecule has 0 radical (unpaired) electrons. The molecule has 0 heterocycles. The predicted octanol–water partition coefficient (Wildman–Crippen LogP) is 9.84. The second-order valence-corrected chi connectivity index (χ2v) is 13.1. The van der Waals surface area contributed by atoms with Gasteiger partial charge in [-0.25, -0.2) is 5.57 Å². The van der Waals surface area contributed by atoms with Gasteiger partial charge in [-0.3, -0.25) is 6.08 Å². The quantitative estimate of drug-likeness (QED) is 0.177. The molecule has 1 unspecified atom stereocenters. The molecule has 40 heavy (non-hydrogen) atoms. The number of hydrogen-bond donors (Lipinski definition) is 0. The molecular weight excluding hydrogens is 560 g/mol. The number of benzene rings is 4. The Hall–Kier alpha value is -2.89. The van der Waals surface area contributed by atoms with Gasteiger partial charge in [0.15, 0.2) is 0 Å². The van der Waals surface area contributed by atoms with Gasteiger partial charge >= 0.3 is 112 Å². The van der Waals surface area contributed by atoms with Crippen molar-refractivity contribution in [1.29, 1.82) is 0 Å². The number of fused-ring (bicyclic) bond motifs is 3. The molecule has 0 bridgehead atoms. The number of aryl methyl sites for hydroxylation is 2. The summed E-state index contributed by atoms with van der Waals surface area (Å²) in [6.07, 6.45) is 6.76. The summed E-state index contributed by atoms with van der Waals surface area (Å²) in [6.45, 7) is 15.3. The van der Waals surface area contributed by atoms with Crippen molar-refractivity contribution in [3.63, 3.8) is 0 Å². The summed E-state index contributed by atoms with van der Waals surface area (Å²) in [5, 5.41) is 0. The fraction of sp³-hybridized carbons (Fsp3) is 0.256. The summed E-state index contributed by atoms with van der Waals surface area (Å²) in [4.78, 5) is 0. The molecule has 0 saturated heterocycles. The molecule has 1 heteroatoms. The maximum absolute atomic E-state index is 3.40. The normalized spacial score (nSPS) is 15.0. The fourth-order valence-electron chi connectivity index (χ4n) is 5.25. The standard InChI is InChI=1S/C15H14.C13H9.C11H17.Zr/c1-12-3-7-14(8-4-12)11-15-9-5-13(2)6-10-15;1-3-7-12-10(5-1)9-11-6-2-4-8-13(11)12;1-8-6-9(2)10(7-8)11(3,4)5;/h3-10H,1-2H3;1-5,7-8H,9H2;7-8H,1-5H3;/q;2*-1;+2. The van der Waals surface area contributed by atoms with Crippen LogP contribution in [0.25, 0.3) is 11.1 Å². The minimum Gasteiger partial charge on any atom is -0.179 e. The van der Waals surface area contributed by atoms with Crippen LogP contribution in [0.4, 0.5) is 0 Å². The second kappa shape index (κ2) is 13.2. The molecule has 200 valence electrons. The van der Waals surface area contributed by atoms with Crippen LogP contribution in [0.15, 0.2) is 108 Å². The van der Waals surface area contributed by atoms with Gasteiger partial charge in [-0.1, -0.05) is 81.3 Å². The summed E-state index contributed by atoms with van der Waals surface area (Å²) in [5.41, 5.74) is 13.9. The summed E-state index contributed by atoms with van der Waals surface area (Å²) in [6, 6.07) is 35.6. The van der Waals surface area contributed by atoms with Crippen LogP contribution in [0.3, 0.4) is 0 Å². The number of rotatable bonds is 2. The molecule has 2 aliphatic carbocycles. The van der Waals surface area contributed by atoms with E-state index >= 15 is 0 Å². The molecule has 4 aromatic rings. The SMILES string of the molecule is CC1=[C-]C(C)C=C1C(C)(C)C.Cc1ccc([C](=[Zr+2])c2ccc(C)cc2)cc1.[c-]1cccc2c1Cc1ccccc1-2. The Labute approximate surface area is 257 Å². The third kappa shape index (κ3) is 7.64. The van der Waals surface area contributed by atoms with E-state index in [-0.39, 0.29) is 0 Å². The van der Waals surface area contributed by atoms with Gasteiger partial charge in [0.25, 0.3) is 0 Å². The van der Waals surface area contributed by atoms with E-state index in [9.17, 15) is 0 Å². The predicted molar refractivity (Wildman–Crippen MR) is 168 cm³/mol. The van der Waals surface area contributed by atoms with E-state index in [0.717, 1.165) is 6.42 Å². The van der Waals surface area contributed by atoms with Crippen LogP contribution in [0.5, 0.6) is 0 Å². The second-order valence-electron chi connectivity index (χ2n) is 11.9. The minimum absolute atomic E-state index is 0.293. The van der Waals surface area contributed by atoms with Crippen molar-refractivity contribution in [2.75, 3.05) is 0 Å². The van der Waals surface area contributed by atoms with E-state index in [1.165, 1.54) is 83.1 Å². The Morgan fingerprint density at radius 2 is 1.30 bits per heavy atom. The van der Waals surface area contributed by atoms with Gasteiger partial charge in [0.05, 0.1) is 0 Å². The van der Waals surface area contributed by atoms with Crippen LogP contribution in [-0.4, -0.2) is 3.21 Å². The van der Waals surface area contributed by atoms with E-state index in [1.807, 2.05) is 6.07 Å². The van der Waals surface area contributed by atoms with Crippen molar-refractivity contribution < 1.29 is 24.2 Å². The Morgan fingerprint density at radius 3 is 1.80 bits per heavy atom. The molecule has 0 aromatic heterocycles. The molecule has 1 atom stereocenters. The van der Waals surface area contributed by atoms with Gasteiger partial charge in [0.1, 0.15) is 0 Å². The zero-order valence-electron chi connectivity index (χ0n) is 25.0. The van der Waals surface area contributed by atoms with Crippen molar-refractivity contribution in [3.8, 4) is 11.1 Å². The Kier molecular flexibility index (Phi) is 9.91. The van der Waals surface area contributed by atoms with E-state index in [2.05, 4.69) is 152 Å². The molecule has 0 fully saturated rings. The van der Waals surface area contributed by atoms with E-state index in [4.69, 9.17) is 0 Å². The first-order chi connectivity index (χ1) is 19.0. The average Bonchev–Trinajstić information content (AvgIpc) is 3.49. The van der Waals surface area contributed by atoms with Crippen LogP contribution >= 0.6 is 0 Å². The minimum atomic E-state index is 0.293. The van der Waals surface area contributed by atoms with Crippen LogP contribution < -0.4 is 0 Å². The maximum Gasteiger partial charge on any atom is -0.0253 e. The average molecular weight is 600 g/mol. The molecule has 0 amide bonds. The fourth-order valence-corrected chi connectivity index (χ4v) is 6.07. The zero-order chi connectivity index (χ0) is 28.9. The topological polar surface area (TPSA) is 0 Å². The van der Waals surface area contributed by atoms with Gasteiger partial charge < -0.3 is 0 Å². The van der Waals surface area contributed by atoms with Gasteiger partial charge in [-0.15, -0.1) is 5.56 Å². The van der Waals surface area contributed by atoms with E-state index < -0.39 is 0 Å². The van der Waals surface area contributed by atoms with Gasteiger partial charge in [0, 0.05) is 0 Å². The van der Waals surface area contributed by atoms with Gasteiger partial charge in [0.2, 0.25) is 0 Å². The molecule has 2 aliphatic rings. The number of hydrogen-bond acceptors (Lipinski definition) is 0. The first-order valence-corrected chi connectivity index (χ1v) is 15.4. The summed E-state index contributed by atoms with van der Waals surface area (Å²) in [5.74, 6) is 0.518. The molecule has 0 spiro atoms. The van der Waals surface area contributed by atoms with Crippen LogP contribution in [0, 0.1) is 37.3 Å². The summed E-state index contributed by atoms with van der Waals surface area (Å²) in [7, 11) is 0. The van der Waals surface area contributed by atoms with Crippen LogP contribution in [0.2, 0.25) is 0 Å². The molecular formula is C39H40Zr. The van der Waals surface area contributed by atoms with Crippen LogP contribution in [0.1, 0.15) is 68.0 Å². The van der Waals surface area contributed by atoms with E-state index in [0.29, 0.717) is 11.3 Å². The third-order valence-electron chi connectivity index (χ3n) is 7.37. The van der Waals surface area contributed by atoms with Crippen molar-refractivity contribution in [3.05, 3.63) is 154 Å². The first kappa shape index (κ1) is 30.1. The van der Waals surface area contributed by atoms with Crippen molar-refractivity contribution in [1.82, 2.24) is 0 Å². The Morgan fingerprint density at radius 1 is 0.750 bits per heavy atom. The van der Waals surface area contributed by atoms with Crippen molar-refractivity contribution in [2.24, 2.45) is 11.3 Å². The van der Waals surface area contributed by atoms with Crippen LogP contribution in [-0.2, 0) is 30.7 Å². The molecule has 0 aliphatic heterocycles. The Bertz CT molecular complexity index is 1430. The largest absolute Gasteiger partial charge is 0.179 e. The van der Waals surface area contributed by atoms with E-state index in [1.54, 1.807) is 0 Å². The van der Waals surface area contributed by atoms with Gasteiger partial charge in [-0.2, -0.15) is 41.5 Å². The smallest absolute Gasteiger partial charge is 0.0253 e. The third-order valence-corrected chi connectivity index (χ3v) is 8.79. The summed E-state index contributed by atoms with van der Waals surface area (Å²) < 4.78 is 1.42. The molecule has 4 aromatic carbocycles. The molecule has 0 saturated carbocycles. The van der Waals surface area contributed by atoms with Gasteiger partial charge in [-0.05, 0) is 6.42 Å². The zero-order valence-corrected chi connectivity index (χ0v) is 27.5. The molecule has 6 rings (SSSR count). The number of allylic oxidation sites excluding steroid dienone is 4. The Balaban J connectivity index is 0.000000141. The molecule has 0 N–H and O–H groups in total. The maximum atomic E-state index is 3.40. The van der Waals surface area contributed by atoms with Crippen molar-refractivity contribution >= 4 is 3.21 Å². The summed E-state index contributed by atoms with van der Waals surface area (Å²) >= 11 is 1.46.